The average Bonchev–Trinajstić information content (AvgIpc) is 2.30. The molecule has 0 aliphatic rings. The number of aromatic nitrogens is 1. The van der Waals surface area contributed by atoms with Crippen LogP contribution in [0.25, 0.3) is 0 Å². The van der Waals surface area contributed by atoms with Crippen molar-refractivity contribution < 1.29 is 0 Å². The van der Waals surface area contributed by atoms with Crippen LogP contribution < -0.4 is 0 Å². The molecule has 1 aromatic rings. The molecule has 0 bridgehead atoms. The van der Waals surface area contributed by atoms with Gasteiger partial charge in [0.2, 0.25) is 0 Å². The summed E-state index contributed by atoms with van der Waals surface area (Å²) in [6.45, 7) is 7.46. The molecular formula is C11H15N3. The maximum atomic E-state index is 7.07. The van der Waals surface area contributed by atoms with Gasteiger partial charge in [-0.3, -0.25) is 9.98 Å². The van der Waals surface area contributed by atoms with E-state index >= 15 is 0 Å². The summed E-state index contributed by atoms with van der Waals surface area (Å²) in [5.74, 6) is 0. The Labute approximate surface area is 84.7 Å². The van der Waals surface area contributed by atoms with Gasteiger partial charge in [-0.2, -0.15) is 0 Å². The highest BCUT2D eigenvalue weighted by molar-refractivity contribution is 6.37. The van der Waals surface area contributed by atoms with Crippen LogP contribution in [-0.2, 0) is 0 Å². The molecule has 74 valence electrons. The van der Waals surface area contributed by atoms with E-state index in [-0.39, 0.29) is 0 Å². The zero-order valence-corrected chi connectivity index (χ0v) is 8.57. The van der Waals surface area contributed by atoms with Gasteiger partial charge in [0.1, 0.15) is 0 Å². The molecule has 1 N–H and O–H groups in total. The topological polar surface area (TPSA) is 49.1 Å². The van der Waals surface area contributed by atoms with Gasteiger partial charge in [-0.05, 0) is 12.1 Å². The highest BCUT2D eigenvalue weighted by atomic mass is 14.7. The molecule has 14 heavy (non-hydrogen) atoms. The maximum absolute atomic E-state index is 7.07. The molecule has 0 amide bonds. The zero-order valence-electron chi connectivity index (χ0n) is 8.57. The van der Waals surface area contributed by atoms with E-state index in [1.54, 1.807) is 18.5 Å². The lowest BCUT2D eigenvalue weighted by atomic mass is 10.2. The minimum absolute atomic E-state index is 0.568. The maximum Gasteiger partial charge on any atom is 0.0892 e. The van der Waals surface area contributed by atoms with Crippen LogP contribution in [0.3, 0.4) is 0 Å². The van der Waals surface area contributed by atoms with Gasteiger partial charge < -0.3 is 5.41 Å². The summed E-state index contributed by atoms with van der Waals surface area (Å²) in [6, 6.07) is 3.65. The van der Waals surface area contributed by atoms with E-state index in [0.717, 1.165) is 5.56 Å². The Balaban J connectivity index is 0.000000791. The Morgan fingerprint density at radius 2 is 2.29 bits per heavy atom. The molecule has 3 heteroatoms. The van der Waals surface area contributed by atoms with E-state index in [1.807, 2.05) is 19.9 Å². The van der Waals surface area contributed by atoms with Crippen LogP contribution in [0.15, 0.2) is 42.3 Å². The van der Waals surface area contributed by atoms with E-state index in [1.165, 1.54) is 12.4 Å². The lowest BCUT2D eigenvalue weighted by molar-refractivity contribution is 1.32. The van der Waals surface area contributed by atoms with Crippen LogP contribution in [0, 0.1) is 5.41 Å². The molecule has 0 fully saturated rings. The third-order valence-corrected chi connectivity index (χ3v) is 1.32. The van der Waals surface area contributed by atoms with Crippen molar-refractivity contribution in [3.8, 4) is 0 Å². The van der Waals surface area contributed by atoms with Crippen molar-refractivity contribution in [3.05, 3.63) is 42.9 Å². The van der Waals surface area contributed by atoms with Crippen molar-refractivity contribution in [2.75, 3.05) is 0 Å². The van der Waals surface area contributed by atoms with E-state index < -0.39 is 0 Å². The quantitative estimate of drug-likeness (QED) is 0.730. The van der Waals surface area contributed by atoms with Crippen LogP contribution in [0.5, 0.6) is 0 Å². The van der Waals surface area contributed by atoms with Crippen LogP contribution in [0.1, 0.15) is 19.4 Å². The first-order valence-corrected chi connectivity index (χ1v) is 4.48. The van der Waals surface area contributed by atoms with Crippen LogP contribution in [0.2, 0.25) is 0 Å². The van der Waals surface area contributed by atoms with Gasteiger partial charge in [0.15, 0.2) is 0 Å². The molecule has 1 aromatic heterocycles. The molecular weight excluding hydrogens is 174 g/mol. The van der Waals surface area contributed by atoms with Crippen LogP contribution >= 0.6 is 0 Å². The van der Waals surface area contributed by atoms with Gasteiger partial charge in [-0.15, -0.1) is 0 Å². The molecule has 1 heterocycles. The van der Waals surface area contributed by atoms with Crippen molar-refractivity contribution in [1.82, 2.24) is 4.98 Å². The van der Waals surface area contributed by atoms with Crippen molar-refractivity contribution in [3.63, 3.8) is 0 Å². The smallest absolute Gasteiger partial charge is 0.0892 e. The predicted octanol–water partition coefficient (Wildman–Crippen LogP) is 2.69. The first kappa shape index (κ1) is 12.2. The number of rotatable bonds is 3. The van der Waals surface area contributed by atoms with E-state index in [9.17, 15) is 0 Å². The Morgan fingerprint density at radius 1 is 1.57 bits per heavy atom. The summed E-state index contributed by atoms with van der Waals surface area (Å²) in [7, 11) is 0. The van der Waals surface area contributed by atoms with Gasteiger partial charge >= 0.3 is 0 Å². The molecule has 0 radical (unpaired) electrons. The van der Waals surface area contributed by atoms with E-state index in [4.69, 9.17) is 5.41 Å². The molecule has 0 aromatic carbocycles. The Morgan fingerprint density at radius 3 is 2.71 bits per heavy atom. The molecule has 0 spiro atoms. The number of hydrogen-bond donors (Lipinski definition) is 1. The van der Waals surface area contributed by atoms with Crippen molar-refractivity contribution in [2.24, 2.45) is 4.99 Å². The summed E-state index contributed by atoms with van der Waals surface area (Å²) in [5.41, 5.74) is 1.39. The largest absolute Gasteiger partial charge is 0.306 e. The molecule has 1 rings (SSSR count). The zero-order chi connectivity index (χ0) is 10.8. The van der Waals surface area contributed by atoms with Gasteiger partial charge in [-0.1, -0.05) is 20.4 Å². The lowest BCUT2D eigenvalue weighted by Gasteiger charge is -1.95. The van der Waals surface area contributed by atoms with Crippen molar-refractivity contribution >= 4 is 11.9 Å². The second kappa shape index (κ2) is 7.86. The monoisotopic (exact) mass is 189 g/mol. The summed E-state index contributed by atoms with van der Waals surface area (Å²) >= 11 is 0. The molecule has 0 unspecified atom stereocenters. The van der Waals surface area contributed by atoms with Gasteiger partial charge in [0.05, 0.1) is 5.71 Å². The molecule has 3 nitrogen and oxygen atoms in total. The minimum atomic E-state index is 0.568. The van der Waals surface area contributed by atoms with Crippen LogP contribution in [0.4, 0.5) is 0 Å². The Bertz CT molecular complexity index is 302. The van der Waals surface area contributed by atoms with Gasteiger partial charge in [-0.25, -0.2) is 0 Å². The number of nitrogens with zero attached hydrogens (tertiary/aromatic N) is 2. The summed E-state index contributed by atoms with van der Waals surface area (Å²) < 4.78 is 0. The Hall–Kier alpha value is -1.77. The fourth-order valence-electron chi connectivity index (χ4n) is 0.808. The number of nitrogens with one attached hydrogen (secondary N) is 1. The van der Waals surface area contributed by atoms with Crippen molar-refractivity contribution in [1.29, 1.82) is 5.41 Å². The first-order chi connectivity index (χ1) is 6.88. The van der Waals surface area contributed by atoms with E-state index in [2.05, 4.69) is 16.6 Å². The third kappa shape index (κ3) is 3.76. The van der Waals surface area contributed by atoms with Gasteiger partial charge in [0.25, 0.3) is 0 Å². The summed E-state index contributed by atoms with van der Waals surface area (Å²) in [6.07, 6.45) is 5.93. The second-order valence-electron chi connectivity index (χ2n) is 2.08. The fourth-order valence-corrected chi connectivity index (χ4v) is 0.808. The van der Waals surface area contributed by atoms with E-state index in [0.29, 0.717) is 5.71 Å². The number of hydrogen-bond acceptors (Lipinski definition) is 3. The summed E-state index contributed by atoms with van der Waals surface area (Å²) in [5, 5.41) is 7.07. The normalized spacial score (nSPS) is 9.71. The molecule has 0 atom stereocenters. The van der Waals surface area contributed by atoms with Gasteiger partial charge in [0, 0.05) is 30.4 Å². The molecule has 0 saturated heterocycles. The molecule has 0 saturated carbocycles. The van der Waals surface area contributed by atoms with Crippen molar-refractivity contribution in [2.45, 2.75) is 13.8 Å². The number of aliphatic imine (C=N–C) groups is 1. The second-order valence-corrected chi connectivity index (χ2v) is 2.08. The minimum Gasteiger partial charge on any atom is -0.306 e. The number of pyridine rings is 1. The third-order valence-electron chi connectivity index (χ3n) is 1.32. The average molecular weight is 189 g/mol. The lowest BCUT2D eigenvalue weighted by Crippen LogP contribution is -2.00. The fraction of sp³-hybridized carbons (Fsp3) is 0.182. The summed E-state index contributed by atoms with van der Waals surface area (Å²) in [4.78, 5) is 7.83. The predicted molar refractivity (Wildman–Crippen MR) is 61.1 cm³/mol. The molecule has 0 aliphatic carbocycles. The molecule has 0 aliphatic heterocycles. The first-order valence-electron chi connectivity index (χ1n) is 4.48. The van der Waals surface area contributed by atoms with Crippen LogP contribution in [-0.4, -0.2) is 16.9 Å². The highest BCUT2D eigenvalue weighted by Crippen LogP contribution is 1.97. The standard InChI is InChI=1S/C9H9N3.C2H6/c1-2-12-9(6-10)8-4-3-5-11-7-8;1-2/h2-7,10H,1H2;1-2H3. The highest BCUT2D eigenvalue weighted by Gasteiger charge is 1.96. The Kier molecular flexibility index (Phi) is 6.86. The SMILES string of the molecule is C=CN=C(C=N)c1cccnc1.CC.